The van der Waals surface area contributed by atoms with E-state index in [4.69, 9.17) is 5.11 Å². The predicted octanol–water partition coefficient (Wildman–Crippen LogP) is 1.42. The third kappa shape index (κ3) is 4.07. The molecule has 0 heterocycles. The van der Waals surface area contributed by atoms with Crippen molar-refractivity contribution in [2.45, 2.75) is 20.3 Å². The molecule has 0 spiro atoms. The molecule has 1 atom stereocenters. The van der Waals surface area contributed by atoms with Crippen LogP contribution in [0.2, 0.25) is 0 Å². The van der Waals surface area contributed by atoms with Gasteiger partial charge in [-0.05, 0) is 20.3 Å². The number of hydrogen-bond donors (Lipinski definition) is 1. The van der Waals surface area contributed by atoms with E-state index in [1.165, 1.54) is 6.08 Å². The zero-order chi connectivity index (χ0) is 11.1. The molecule has 0 aliphatic heterocycles. The SMILES string of the molecule is [CH2]C(C=C(CC)C(=O)O)C(=O)OCC. The van der Waals surface area contributed by atoms with Gasteiger partial charge in [-0.2, -0.15) is 0 Å². The lowest BCUT2D eigenvalue weighted by Crippen LogP contribution is -2.14. The van der Waals surface area contributed by atoms with E-state index >= 15 is 0 Å². The molecule has 0 fully saturated rings. The van der Waals surface area contributed by atoms with E-state index in [1.54, 1.807) is 13.8 Å². The number of ether oxygens (including phenoxy) is 1. The molecule has 0 amide bonds. The van der Waals surface area contributed by atoms with Gasteiger partial charge in [-0.15, -0.1) is 0 Å². The minimum absolute atomic E-state index is 0.179. The number of rotatable bonds is 5. The Morgan fingerprint density at radius 2 is 2.07 bits per heavy atom. The van der Waals surface area contributed by atoms with E-state index in [0.29, 0.717) is 6.42 Å². The Hall–Kier alpha value is -1.32. The van der Waals surface area contributed by atoms with Crippen LogP contribution in [-0.2, 0) is 14.3 Å². The molecule has 0 aromatic carbocycles. The number of carboxylic acid groups (broad SMARTS) is 1. The van der Waals surface area contributed by atoms with Gasteiger partial charge in [0.15, 0.2) is 0 Å². The molecule has 0 aliphatic carbocycles. The van der Waals surface area contributed by atoms with Crippen LogP contribution in [0.5, 0.6) is 0 Å². The van der Waals surface area contributed by atoms with Gasteiger partial charge in [0.25, 0.3) is 0 Å². The van der Waals surface area contributed by atoms with Crippen molar-refractivity contribution < 1.29 is 19.4 Å². The lowest BCUT2D eigenvalue weighted by molar-refractivity contribution is -0.144. The second-order valence-electron chi connectivity index (χ2n) is 2.71. The molecule has 1 radical (unpaired) electrons. The summed E-state index contributed by atoms with van der Waals surface area (Å²) in [6.07, 6.45) is 1.68. The Balaban J connectivity index is 4.45. The van der Waals surface area contributed by atoms with Crippen molar-refractivity contribution in [3.63, 3.8) is 0 Å². The minimum atomic E-state index is -1.02. The number of carbonyl (C=O) groups is 2. The minimum Gasteiger partial charge on any atom is -0.478 e. The summed E-state index contributed by atoms with van der Waals surface area (Å²) in [5.74, 6) is -2.27. The summed E-state index contributed by atoms with van der Waals surface area (Å²) in [6.45, 7) is 7.18. The fourth-order valence-electron chi connectivity index (χ4n) is 0.901. The lowest BCUT2D eigenvalue weighted by Gasteiger charge is -2.06. The number of aliphatic carboxylic acids is 1. The summed E-state index contributed by atoms with van der Waals surface area (Å²) in [4.78, 5) is 21.7. The molecule has 79 valence electrons. The van der Waals surface area contributed by atoms with Crippen LogP contribution in [0.25, 0.3) is 0 Å². The third-order valence-corrected chi connectivity index (χ3v) is 1.65. The molecule has 4 nitrogen and oxygen atoms in total. The Morgan fingerprint density at radius 3 is 2.43 bits per heavy atom. The maximum absolute atomic E-state index is 11.1. The van der Waals surface area contributed by atoms with Crippen molar-refractivity contribution in [2.75, 3.05) is 6.61 Å². The van der Waals surface area contributed by atoms with Crippen molar-refractivity contribution in [3.8, 4) is 0 Å². The summed E-state index contributed by atoms with van der Waals surface area (Å²) < 4.78 is 4.69. The van der Waals surface area contributed by atoms with Crippen LogP contribution in [0.3, 0.4) is 0 Å². The van der Waals surface area contributed by atoms with Crippen molar-refractivity contribution >= 4 is 11.9 Å². The highest BCUT2D eigenvalue weighted by Gasteiger charge is 2.14. The smallest absolute Gasteiger partial charge is 0.331 e. The highest BCUT2D eigenvalue weighted by Crippen LogP contribution is 2.08. The first-order valence-corrected chi connectivity index (χ1v) is 4.46. The van der Waals surface area contributed by atoms with Gasteiger partial charge in [-0.25, -0.2) is 4.79 Å². The second kappa shape index (κ2) is 6.18. The van der Waals surface area contributed by atoms with Crippen LogP contribution in [-0.4, -0.2) is 23.7 Å². The van der Waals surface area contributed by atoms with Crippen LogP contribution in [0.4, 0.5) is 0 Å². The predicted molar refractivity (Wildman–Crippen MR) is 51.5 cm³/mol. The standard InChI is InChI=1S/C10H15O4/c1-4-8(9(11)12)6-7(3)10(13)14-5-2/h6-7H,3-5H2,1-2H3,(H,11,12). The normalized spacial score (nSPS) is 13.5. The van der Waals surface area contributed by atoms with Crippen molar-refractivity contribution in [3.05, 3.63) is 18.6 Å². The Labute approximate surface area is 83.6 Å². The molecular weight excluding hydrogens is 184 g/mol. The summed E-state index contributed by atoms with van der Waals surface area (Å²) in [7, 11) is 0. The Bertz CT molecular complexity index is 243. The largest absolute Gasteiger partial charge is 0.478 e. The third-order valence-electron chi connectivity index (χ3n) is 1.65. The molecule has 1 unspecified atom stereocenters. The van der Waals surface area contributed by atoms with Crippen LogP contribution in [0.15, 0.2) is 11.6 Å². The topological polar surface area (TPSA) is 63.6 Å². The zero-order valence-electron chi connectivity index (χ0n) is 8.45. The van der Waals surface area contributed by atoms with E-state index in [0.717, 1.165) is 0 Å². The molecule has 0 saturated carbocycles. The maximum Gasteiger partial charge on any atom is 0.331 e. The average Bonchev–Trinajstić information content (AvgIpc) is 2.13. The first-order valence-electron chi connectivity index (χ1n) is 4.46. The summed E-state index contributed by atoms with van der Waals surface area (Å²) in [6, 6.07) is 0. The Morgan fingerprint density at radius 1 is 1.50 bits per heavy atom. The number of esters is 1. The van der Waals surface area contributed by atoms with Gasteiger partial charge in [0.1, 0.15) is 0 Å². The number of hydrogen-bond acceptors (Lipinski definition) is 3. The van der Waals surface area contributed by atoms with Gasteiger partial charge in [0.2, 0.25) is 0 Å². The van der Waals surface area contributed by atoms with Crippen LogP contribution in [0.1, 0.15) is 20.3 Å². The lowest BCUT2D eigenvalue weighted by atomic mass is 10.1. The van der Waals surface area contributed by atoms with Gasteiger partial charge < -0.3 is 9.84 Å². The fraction of sp³-hybridized carbons (Fsp3) is 0.500. The van der Waals surface area contributed by atoms with E-state index in [2.05, 4.69) is 11.7 Å². The summed E-state index contributed by atoms with van der Waals surface area (Å²) >= 11 is 0. The van der Waals surface area contributed by atoms with E-state index < -0.39 is 17.9 Å². The van der Waals surface area contributed by atoms with Gasteiger partial charge in [0, 0.05) is 5.57 Å². The molecule has 0 rings (SSSR count). The molecule has 4 heteroatoms. The molecule has 0 aliphatic rings. The second-order valence-corrected chi connectivity index (χ2v) is 2.71. The molecule has 1 N–H and O–H groups in total. The molecule has 0 saturated heterocycles. The molecule has 14 heavy (non-hydrogen) atoms. The fourth-order valence-corrected chi connectivity index (χ4v) is 0.901. The molecular formula is C10H15O4. The van der Waals surface area contributed by atoms with Crippen LogP contribution in [0, 0.1) is 12.8 Å². The molecule has 0 bridgehead atoms. The first kappa shape index (κ1) is 12.7. The Kier molecular flexibility index (Phi) is 5.60. The van der Waals surface area contributed by atoms with E-state index in [-0.39, 0.29) is 12.2 Å². The number of carbonyl (C=O) groups excluding carboxylic acids is 1. The van der Waals surface area contributed by atoms with Crippen molar-refractivity contribution in [1.29, 1.82) is 0 Å². The van der Waals surface area contributed by atoms with Gasteiger partial charge >= 0.3 is 11.9 Å². The first-order chi connectivity index (χ1) is 6.52. The van der Waals surface area contributed by atoms with E-state index in [1.807, 2.05) is 0 Å². The van der Waals surface area contributed by atoms with Gasteiger partial charge in [-0.1, -0.05) is 13.0 Å². The van der Waals surface area contributed by atoms with Crippen LogP contribution >= 0.6 is 0 Å². The average molecular weight is 199 g/mol. The quantitative estimate of drug-likeness (QED) is 0.537. The highest BCUT2D eigenvalue weighted by atomic mass is 16.5. The molecule has 0 aromatic heterocycles. The molecule has 0 aromatic rings. The van der Waals surface area contributed by atoms with Crippen molar-refractivity contribution in [1.82, 2.24) is 0 Å². The summed E-state index contributed by atoms with van der Waals surface area (Å²) in [5, 5.41) is 8.69. The number of carboxylic acids is 1. The summed E-state index contributed by atoms with van der Waals surface area (Å²) in [5.41, 5.74) is 0.179. The van der Waals surface area contributed by atoms with Gasteiger partial charge in [-0.3, -0.25) is 4.79 Å². The van der Waals surface area contributed by atoms with Crippen LogP contribution < -0.4 is 0 Å². The highest BCUT2D eigenvalue weighted by molar-refractivity contribution is 5.88. The maximum atomic E-state index is 11.1. The monoisotopic (exact) mass is 199 g/mol. The van der Waals surface area contributed by atoms with Crippen molar-refractivity contribution in [2.24, 2.45) is 5.92 Å². The zero-order valence-corrected chi connectivity index (χ0v) is 8.45. The van der Waals surface area contributed by atoms with E-state index in [9.17, 15) is 9.59 Å². The van der Waals surface area contributed by atoms with Gasteiger partial charge in [0.05, 0.1) is 12.5 Å².